The fraction of sp³-hybridized carbons (Fsp3) is 0.238. The van der Waals surface area contributed by atoms with Crippen molar-refractivity contribution in [1.82, 2.24) is 10.2 Å². The van der Waals surface area contributed by atoms with Crippen molar-refractivity contribution in [1.29, 1.82) is 0 Å². The normalized spacial score (nSPS) is 12.9. The Hall–Kier alpha value is -2.78. The van der Waals surface area contributed by atoms with Gasteiger partial charge in [0, 0.05) is 10.9 Å². The minimum Gasteiger partial charge on any atom is -0.486 e. The minimum atomic E-state index is -0.866. The second kappa shape index (κ2) is 8.28. The van der Waals surface area contributed by atoms with Crippen molar-refractivity contribution in [3.63, 3.8) is 0 Å². The van der Waals surface area contributed by atoms with Gasteiger partial charge in [-0.1, -0.05) is 36.3 Å². The molecule has 2 N–H and O–H groups in total. The van der Waals surface area contributed by atoms with Crippen LogP contribution in [0.5, 0.6) is 5.75 Å². The number of halogens is 1. The van der Waals surface area contributed by atoms with Crippen LogP contribution in [-0.4, -0.2) is 21.3 Å². The second-order valence-corrected chi connectivity index (χ2v) is 6.95. The molecule has 0 spiro atoms. The highest BCUT2D eigenvalue weighted by atomic mass is 79.9. The number of para-hydroxylation sites is 1. The van der Waals surface area contributed by atoms with Crippen molar-refractivity contribution >= 4 is 32.8 Å². The number of aromatic amines is 1. The molecule has 0 aliphatic carbocycles. The van der Waals surface area contributed by atoms with Crippen LogP contribution in [0.4, 0.5) is 0 Å². The van der Waals surface area contributed by atoms with Crippen LogP contribution in [-0.2, 0) is 4.79 Å². The first-order chi connectivity index (χ1) is 13.0. The molecule has 1 aromatic heterocycles. The molecule has 3 aromatic rings. The van der Waals surface area contributed by atoms with E-state index in [-0.39, 0.29) is 18.4 Å². The zero-order valence-electron chi connectivity index (χ0n) is 15.0. The predicted octanol–water partition coefficient (Wildman–Crippen LogP) is 5.05. The number of nitrogens with one attached hydrogen (secondary N) is 1. The highest BCUT2D eigenvalue weighted by molar-refractivity contribution is 9.10. The molecule has 3 rings (SSSR count). The number of fused-ring (bicyclic) bond motifs is 1. The maximum absolute atomic E-state index is 11.0. The molecule has 5 nitrogen and oxygen atoms in total. The van der Waals surface area contributed by atoms with Gasteiger partial charge >= 0.3 is 5.97 Å². The summed E-state index contributed by atoms with van der Waals surface area (Å²) in [7, 11) is 0. The van der Waals surface area contributed by atoms with Crippen LogP contribution >= 0.6 is 15.9 Å². The van der Waals surface area contributed by atoms with E-state index in [0.717, 1.165) is 26.6 Å². The van der Waals surface area contributed by atoms with Gasteiger partial charge in [-0.15, -0.1) is 5.92 Å². The topological polar surface area (TPSA) is 75.2 Å². The van der Waals surface area contributed by atoms with Crippen molar-refractivity contribution in [3.8, 4) is 17.6 Å². The average molecular weight is 427 g/mol. The van der Waals surface area contributed by atoms with Crippen LogP contribution in [0.15, 0.2) is 47.1 Å². The molecule has 6 heteroatoms. The molecule has 0 radical (unpaired) electrons. The summed E-state index contributed by atoms with van der Waals surface area (Å²) in [5.74, 6) is 5.27. The lowest BCUT2D eigenvalue weighted by atomic mass is 9.96. The molecule has 2 aromatic carbocycles. The van der Waals surface area contributed by atoms with Crippen LogP contribution in [0.2, 0.25) is 0 Å². The van der Waals surface area contributed by atoms with Crippen LogP contribution in [0.3, 0.4) is 0 Å². The van der Waals surface area contributed by atoms with Crippen molar-refractivity contribution in [3.05, 3.63) is 58.2 Å². The average Bonchev–Trinajstić information content (AvgIpc) is 3.03. The SMILES string of the molecule is CC#CC(CC(=O)O)c1ccc(O[C@@H](C)c2cccc3c(Br)[nH]nc23)cc1. The number of aliphatic carboxylic acids is 1. The first-order valence-electron chi connectivity index (χ1n) is 8.52. The molecule has 0 aliphatic rings. The number of hydrogen-bond donors (Lipinski definition) is 2. The Balaban J connectivity index is 1.79. The smallest absolute Gasteiger partial charge is 0.304 e. The van der Waals surface area contributed by atoms with Gasteiger partial charge in [-0.3, -0.25) is 9.89 Å². The van der Waals surface area contributed by atoms with E-state index in [1.807, 2.05) is 49.4 Å². The second-order valence-electron chi connectivity index (χ2n) is 6.15. The number of carboxylic acid groups (broad SMARTS) is 1. The van der Waals surface area contributed by atoms with E-state index in [0.29, 0.717) is 5.75 Å². The summed E-state index contributed by atoms with van der Waals surface area (Å²) in [6.07, 6.45) is -0.215. The Labute approximate surface area is 165 Å². The lowest BCUT2D eigenvalue weighted by molar-refractivity contribution is -0.137. The number of rotatable bonds is 6. The standard InChI is InChI=1S/C21H19BrN2O3/c1-3-5-15(12-19(25)26)14-8-10-16(11-9-14)27-13(2)17-6-4-7-18-20(17)23-24-21(18)22/h4,6-11,13,15H,12H2,1-2H3,(H,23,24)(H,25,26)/t13-,15?/m0/s1. The van der Waals surface area contributed by atoms with Crippen LogP contribution in [0, 0.1) is 11.8 Å². The van der Waals surface area contributed by atoms with Gasteiger partial charge in [0.25, 0.3) is 0 Å². The number of ether oxygens (including phenoxy) is 1. The first kappa shape index (κ1) is 19.0. The molecule has 2 atom stereocenters. The Morgan fingerprint density at radius 1 is 1.30 bits per heavy atom. The van der Waals surface area contributed by atoms with Crippen LogP contribution < -0.4 is 4.74 Å². The van der Waals surface area contributed by atoms with Crippen molar-refractivity contribution < 1.29 is 14.6 Å². The summed E-state index contributed by atoms with van der Waals surface area (Å²) < 4.78 is 6.92. The van der Waals surface area contributed by atoms with Gasteiger partial charge in [0.1, 0.15) is 22.0 Å². The summed E-state index contributed by atoms with van der Waals surface area (Å²) in [6.45, 7) is 3.68. The Morgan fingerprint density at radius 2 is 2.04 bits per heavy atom. The Kier molecular flexibility index (Phi) is 5.82. The third kappa shape index (κ3) is 4.32. The molecule has 0 bridgehead atoms. The molecular formula is C21H19BrN2O3. The molecule has 138 valence electrons. The number of carbonyl (C=O) groups is 1. The number of hydrogen-bond acceptors (Lipinski definition) is 3. The number of carboxylic acids is 1. The van der Waals surface area contributed by atoms with Gasteiger partial charge in [-0.2, -0.15) is 5.10 Å². The largest absolute Gasteiger partial charge is 0.486 e. The quantitative estimate of drug-likeness (QED) is 0.540. The lowest BCUT2D eigenvalue weighted by Gasteiger charge is -2.16. The Bertz CT molecular complexity index is 1020. The maximum atomic E-state index is 11.0. The van der Waals surface area contributed by atoms with Crippen LogP contribution in [0.1, 0.15) is 43.4 Å². The highest BCUT2D eigenvalue weighted by Crippen LogP contribution is 2.30. The van der Waals surface area contributed by atoms with Gasteiger partial charge in [0.15, 0.2) is 0 Å². The van der Waals surface area contributed by atoms with E-state index in [4.69, 9.17) is 9.84 Å². The summed E-state index contributed by atoms with van der Waals surface area (Å²) in [5.41, 5.74) is 2.72. The van der Waals surface area contributed by atoms with E-state index in [9.17, 15) is 4.79 Å². The third-order valence-electron chi connectivity index (χ3n) is 4.30. The molecule has 0 fully saturated rings. The van der Waals surface area contributed by atoms with Gasteiger partial charge in [-0.25, -0.2) is 0 Å². The number of nitrogens with zero attached hydrogens (tertiary/aromatic N) is 1. The van der Waals surface area contributed by atoms with Gasteiger partial charge < -0.3 is 9.84 Å². The molecular weight excluding hydrogens is 408 g/mol. The number of H-pyrrole nitrogens is 1. The molecule has 0 saturated carbocycles. The maximum Gasteiger partial charge on any atom is 0.304 e. The molecule has 0 aliphatic heterocycles. The fourth-order valence-electron chi connectivity index (χ4n) is 3.00. The summed E-state index contributed by atoms with van der Waals surface area (Å²) in [6, 6.07) is 13.4. The first-order valence-corrected chi connectivity index (χ1v) is 9.32. The van der Waals surface area contributed by atoms with Gasteiger partial charge in [0.05, 0.1) is 12.3 Å². The summed E-state index contributed by atoms with van der Waals surface area (Å²) >= 11 is 3.46. The van der Waals surface area contributed by atoms with Crippen molar-refractivity contribution in [2.75, 3.05) is 0 Å². The zero-order chi connectivity index (χ0) is 19.4. The van der Waals surface area contributed by atoms with Gasteiger partial charge in [-0.05, 0) is 47.5 Å². The number of aromatic nitrogens is 2. The zero-order valence-corrected chi connectivity index (χ0v) is 16.6. The lowest BCUT2D eigenvalue weighted by Crippen LogP contribution is -2.06. The van der Waals surface area contributed by atoms with E-state index in [2.05, 4.69) is 38.0 Å². The summed E-state index contributed by atoms with van der Waals surface area (Å²) in [4.78, 5) is 11.0. The fourth-order valence-corrected chi connectivity index (χ4v) is 3.41. The predicted molar refractivity (Wildman–Crippen MR) is 108 cm³/mol. The van der Waals surface area contributed by atoms with E-state index in [1.165, 1.54) is 0 Å². The third-order valence-corrected chi connectivity index (χ3v) is 4.90. The highest BCUT2D eigenvalue weighted by Gasteiger charge is 2.16. The molecule has 27 heavy (non-hydrogen) atoms. The van der Waals surface area contributed by atoms with E-state index in [1.54, 1.807) is 6.92 Å². The summed E-state index contributed by atoms with van der Waals surface area (Å²) in [5, 5.41) is 17.3. The molecule has 0 saturated heterocycles. The van der Waals surface area contributed by atoms with Crippen molar-refractivity contribution in [2.45, 2.75) is 32.3 Å². The Morgan fingerprint density at radius 3 is 2.70 bits per heavy atom. The monoisotopic (exact) mass is 426 g/mol. The van der Waals surface area contributed by atoms with Crippen molar-refractivity contribution in [2.24, 2.45) is 0 Å². The minimum absolute atomic E-state index is 0.0204. The molecule has 1 unspecified atom stereocenters. The number of benzene rings is 2. The van der Waals surface area contributed by atoms with Gasteiger partial charge in [0.2, 0.25) is 0 Å². The molecule has 0 amide bonds. The van der Waals surface area contributed by atoms with E-state index < -0.39 is 5.97 Å². The van der Waals surface area contributed by atoms with Crippen LogP contribution in [0.25, 0.3) is 10.9 Å². The molecule has 1 heterocycles. The van der Waals surface area contributed by atoms with E-state index >= 15 is 0 Å².